The number of carbonyl (C=O) groups excluding carboxylic acids is 1. The van der Waals surface area contributed by atoms with Crippen LogP contribution in [0, 0.1) is 17.8 Å². The summed E-state index contributed by atoms with van der Waals surface area (Å²) in [6.45, 7) is 2.89. The first kappa shape index (κ1) is 15.6. The Kier molecular flexibility index (Phi) is 6.62. The first-order chi connectivity index (χ1) is 9.79. The predicted octanol–water partition coefficient (Wildman–Crippen LogP) is 4.88. The van der Waals surface area contributed by atoms with E-state index in [2.05, 4.69) is 19.1 Å². The van der Waals surface area contributed by atoms with Crippen molar-refractivity contribution in [2.75, 3.05) is 6.61 Å². The molecule has 20 heavy (non-hydrogen) atoms. The lowest BCUT2D eigenvalue weighted by Crippen LogP contribution is -2.17. The SMILES string of the molecule is CCCCCCCCCC(=O)OCC1C[C@H]2C=C[C@@H]1C2. The van der Waals surface area contributed by atoms with Crippen molar-refractivity contribution in [2.45, 2.75) is 71.1 Å². The molecule has 2 rings (SSSR count). The van der Waals surface area contributed by atoms with E-state index in [1.165, 1.54) is 51.4 Å². The highest BCUT2D eigenvalue weighted by atomic mass is 16.5. The molecule has 1 saturated carbocycles. The maximum Gasteiger partial charge on any atom is 0.305 e. The summed E-state index contributed by atoms with van der Waals surface area (Å²) in [5, 5.41) is 0. The molecular weight excluding hydrogens is 248 g/mol. The molecule has 2 aliphatic carbocycles. The Hall–Kier alpha value is -0.790. The molecule has 0 radical (unpaired) electrons. The molecule has 0 amide bonds. The second-order valence-corrected chi connectivity index (χ2v) is 6.59. The minimum Gasteiger partial charge on any atom is -0.465 e. The Bertz CT molecular complexity index is 321. The molecule has 1 unspecified atom stereocenters. The topological polar surface area (TPSA) is 26.3 Å². The van der Waals surface area contributed by atoms with Crippen molar-refractivity contribution >= 4 is 5.97 Å². The summed E-state index contributed by atoms with van der Waals surface area (Å²) < 4.78 is 5.45. The van der Waals surface area contributed by atoms with E-state index < -0.39 is 0 Å². The minimum absolute atomic E-state index is 0.0188. The van der Waals surface area contributed by atoms with E-state index >= 15 is 0 Å². The van der Waals surface area contributed by atoms with Gasteiger partial charge in [-0.15, -0.1) is 0 Å². The molecule has 0 aromatic carbocycles. The van der Waals surface area contributed by atoms with Gasteiger partial charge in [-0.05, 0) is 37.0 Å². The third-order valence-electron chi connectivity index (χ3n) is 4.86. The monoisotopic (exact) mass is 278 g/mol. The number of allylic oxidation sites excluding steroid dienone is 2. The molecule has 2 aliphatic rings. The summed E-state index contributed by atoms with van der Waals surface area (Å²) in [7, 11) is 0. The number of carbonyl (C=O) groups is 1. The largest absolute Gasteiger partial charge is 0.465 e. The first-order valence-corrected chi connectivity index (χ1v) is 8.63. The Labute approximate surface area is 124 Å². The molecule has 0 heterocycles. The molecular formula is C18H30O2. The number of esters is 1. The van der Waals surface area contributed by atoms with Crippen LogP contribution in [0.1, 0.15) is 71.1 Å². The Morgan fingerprint density at radius 1 is 1.05 bits per heavy atom. The molecule has 0 N–H and O–H groups in total. The second kappa shape index (κ2) is 8.49. The fraction of sp³-hybridized carbons (Fsp3) is 0.833. The highest BCUT2D eigenvalue weighted by Crippen LogP contribution is 2.43. The third kappa shape index (κ3) is 4.96. The molecule has 114 valence electrons. The summed E-state index contributed by atoms with van der Waals surface area (Å²) in [4.78, 5) is 11.7. The van der Waals surface area contributed by atoms with Crippen LogP contribution in [0.2, 0.25) is 0 Å². The van der Waals surface area contributed by atoms with Gasteiger partial charge in [0.05, 0.1) is 6.61 Å². The van der Waals surface area contributed by atoms with Gasteiger partial charge in [0, 0.05) is 6.42 Å². The number of unbranched alkanes of at least 4 members (excludes halogenated alkanes) is 6. The maximum atomic E-state index is 11.7. The molecule has 0 aromatic heterocycles. The van der Waals surface area contributed by atoms with Gasteiger partial charge in [0.2, 0.25) is 0 Å². The highest BCUT2D eigenvalue weighted by Gasteiger charge is 2.36. The van der Waals surface area contributed by atoms with Crippen LogP contribution in [-0.4, -0.2) is 12.6 Å². The first-order valence-electron chi connectivity index (χ1n) is 8.63. The smallest absolute Gasteiger partial charge is 0.305 e. The van der Waals surface area contributed by atoms with Crippen LogP contribution in [0.15, 0.2) is 12.2 Å². The third-order valence-corrected chi connectivity index (χ3v) is 4.86. The lowest BCUT2D eigenvalue weighted by molar-refractivity contribution is -0.145. The van der Waals surface area contributed by atoms with E-state index in [4.69, 9.17) is 4.74 Å². The molecule has 0 spiro atoms. The van der Waals surface area contributed by atoms with Crippen LogP contribution in [0.3, 0.4) is 0 Å². The van der Waals surface area contributed by atoms with Gasteiger partial charge < -0.3 is 4.74 Å². The van der Waals surface area contributed by atoms with Crippen molar-refractivity contribution < 1.29 is 9.53 Å². The molecule has 2 nitrogen and oxygen atoms in total. The second-order valence-electron chi connectivity index (χ2n) is 6.59. The van der Waals surface area contributed by atoms with Gasteiger partial charge >= 0.3 is 5.97 Å². The van der Waals surface area contributed by atoms with Crippen LogP contribution < -0.4 is 0 Å². The molecule has 0 aromatic rings. The maximum absolute atomic E-state index is 11.7. The van der Waals surface area contributed by atoms with Gasteiger partial charge in [-0.2, -0.15) is 0 Å². The van der Waals surface area contributed by atoms with Crippen molar-refractivity contribution in [1.82, 2.24) is 0 Å². The lowest BCUT2D eigenvalue weighted by Gasteiger charge is -2.17. The van der Waals surface area contributed by atoms with Gasteiger partial charge in [-0.3, -0.25) is 4.79 Å². The summed E-state index contributed by atoms with van der Waals surface area (Å²) in [6, 6.07) is 0. The summed E-state index contributed by atoms with van der Waals surface area (Å²) >= 11 is 0. The lowest BCUT2D eigenvalue weighted by atomic mass is 9.95. The van der Waals surface area contributed by atoms with E-state index in [1.807, 2.05) is 0 Å². The fourth-order valence-corrected chi connectivity index (χ4v) is 3.58. The summed E-state index contributed by atoms with van der Waals surface area (Å²) in [6.07, 6.45) is 16.5. The van der Waals surface area contributed by atoms with Gasteiger partial charge in [0.1, 0.15) is 0 Å². The molecule has 0 aliphatic heterocycles. The summed E-state index contributed by atoms with van der Waals surface area (Å²) in [5.74, 6) is 2.08. The average Bonchev–Trinajstić information content (AvgIpc) is 3.06. The van der Waals surface area contributed by atoms with Gasteiger partial charge in [-0.25, -0.2) is 0 Å². The highest BCUT2D eigenvalue weighted by molar-refractivity contribution is 5.69. The van der Waals surface area contributed by atoms with E-state index in [0.29, 0.717) is 24.9 Å². The number of hydrogen-bond donors (Lipinski definition) is 0. The van der Waals surface area contributed by atoms with Crippen molar-refractivity contribution in [2.24, 2.45) is 17.8 Å². The quantitative estimate of drug-likeness (QED) is 0.323. The van der Waals surface area contributed by atoms with Crippen LogP contribution in [0.25, 0.3) is 0 Å². The van der Waals surface area contributed by atoms with Crippen molar-refractivity contribution in [3.63, 3.8) is 0 Å². The van der Waals surface area contributed by atoms with Gasteiger partial charge in [0.15, 0.2) is 0 Å². The van der Waals surface area contributed by atoms with Crippen LogP contribution in [0.4, 0.5) is 0 Å². The molecule has 2 bridgehead atoms. The molecule has 3 atom stereocenters. The predicted molar refractivity (Wildman–Crippen MR) is 82.4 cm³/mol. The zero-order valence-electron chi connectivity index (χ0n) is 13.0. The van der Waals surface area contributed by atoms with Crippen molar-refractivity contribution in [1.29, 1.82) is 0 Å². The average molecular weight is 278 g/mol. The number of fused-ring (bicyclic) bond motifs is 2. The standard InChI is InChI=1S/C18H30O2/c1-2-3-4-5-6-7-8-9-18(19)20-14-17-13-15-10-11-16(17)12-15/h10-11,15-17H,2-9,12-14H2,1H3/t15-,16+,17?/m0/s1. The Morgan fingerprint density at radius 3 is 2.45 bits per heavy atom. The van der Waals surface area contributed by atoms with Crippen molar-refractivity contribution in [3.8, 4) is 0 Å². The zero-order valence-corrected chi connectivity index (χ0v) is 13.0. The van der Waals surface area contributed by atoms with Crippen LogP contribution in [-0.2, 0) is 9.53 Å². The Morgan fingerprint density at radius 2 is 1.80 bits per heavy atom. The molecule has 0 saturated heterocycles. The number of hydrogen-bond acceptors (Lipinski definition) is 2. The van der Waals surface area contributed by atoms with E-state index in [0.717, 1.165) is 12.3 Å². The van der Waals surface area contributed by atoms with E-state index in [1.54, 1.807) is 0 Å². The molecule has 1 fully saturated rings. The van der Waals surface area contributed by atoms with Gasteiger partial charge in [0.25, 0.3) is 0 Å². The summed E-state index contributed by atoms with van der Waals surface area (Å²) in [5.41, 5.74) is 0. The van der Waals surface area contributed by atoms with Gasteiger partial charge in [-0.1, -0.05) is 57.6 Å². The van der Waals surface area contributed by atoms with Crippen LogP contribution >= 0.6 is 0 Å². The van der Waals surface area contributed by atoms with E-state index in [9.17, 15) is 4.79 Å². The normalized spacial score (nSPS) is 27.1. The molecule has 2 heteroatoms. The zero-order chi connectivity index (χ0) is 14.2. The number of ether oxygens (including phenoxy) is 1. The van der Waals surface area contributed by atoms with E-state index in [-0.39, 0.29) is 5.97 Å². The number of rotatable bonds is 10. The fourth-order valence-electron chi connectivity index (χ4n) is 3.58. The Balaban J connectivity index is 1.44. The van der Waals surface area contributed by atoms with Crippen LogP contribution in [0.5, 0.6) is 0 Å². The van der Waals surface area contributed by atoms with Crippen molar-refractivity contribution in [3.05, 3.63) is 12.2 Å². The minimum atomic E-state index is 0.0188.